The van der Waals surface area contributed by atoms with E-state index in [4.69, 9.17) is 11.6 Å². The van der Waals surface area contributed by atoms with Crippen LogP contribution < -0.4 is 0 Å². The Bertz CT molecular complexity index is 2160. The Morgan fingerprint density at radius 2 is 0.881 bits per heavy atom. The van der Waals surface area contributed by atoms with E-state index < -0.39 is 0 Å². The van der Waals surface area contributed by atoms with Crippen molar-refractivity contribution in [1.82, 2.24) is 0 Å². The molecule has 2 aliphatic carbocycles. The van der Waals surface area contributed by atoms with Crippen LogP contribution in [0.15, 0.2) is 152 Å². The molecule has 0 nitrogen and oxygen atoms in total. The average molecular weight is 553 g/mol. The number of hydrogen-bond acceptors (Lipinski definition) is 0. The molecule has 0 bridgehead atoms. The summed E-state index contributed by atoms with van der Waals surface area (Å²) < 4.78 is 0. The van der Waals surface area contributed by atoms with E-state index in [0.717, 1.165) is 10.6 Å². The number of hydrogen-bond donors (Lipinski definition) is 0. The summed E-state index contributed by atoms with van der Waals surface area (Å²) in [6, 6.07) is 55.6. The zero-order valence-corrected chi connectivity index (χ0v) is 23.6. The van der Waals surface area contributed by atoms with Gasteiger partial charge in [0.05, 0.1) is 5.41 Å². The molecular weight excluding hydrogens is 528 g/mol. The third-order valence-electron chi connectivity index (χ3n) is 9.35. The molecule has 0 radical (unpaired) electrons. The lowest BCUT2D eigenvalue weighted by atomic mass is 9.70. The van der Waals surface area contributed by atoms with Gasteiger partial charge in [-0.25, -0.2) is 0 Å². The zero-order valence-electron chi connectivity index (χ0n) is 22.8. The van der Waals surface area contributed by atoms with Gasteiger partial charge in [0.1, 0.15) is 0 Å². The predicted molar refractivity (Wildman–Crippen MR) is 176 cm³/mol. The Balaban J connectivity index is 1.44. The summed E-state index contributed by atoms with van der Waals surface area (Å²) in [6.45, 7) is 0. The van der Waals surface area contributed by atoms with Crippen molar-refractivity contribution in [2.75, 3.05) is 0 Å². The maximum Gasteiger partial charge on any atom is 0.0725 e. The van der Waals surface area contributed by atoms with Crippen molar-refractivity contribution in [2.45, 2.75) is 5.41 Å². The highest BCUT2D eigenvalue weighted by Gasteiger charge is 2.52. The number of benzene rings is 7. The fraction of sp³-hybridized carbons (Fsp3) is 0.0244. The Morgan fingerprint density at radius 3 is 1.57 bits per heavy atom. The summed E-state index contributed by atoms with van der Waals surface area (Å²) in [5.74, 6) is 0. The summed E-state index contributed by atoms with van der Waals surface area (Å²) in [5.41, 5.74) is 15.2. The molecule has 1 spiro atoms. The monoisotopic (exact) mass is 552 g/mol. The zero-order chi connectivity index (χ0) is 27.8. The smallest absolute Gasteiger partial charge is 0.0725 e. The van der Waals surface area contributed by atoms with Gasteiger partial charge in [0.25, 0.3) is 0 Å². The van der Waals surface area contributed by atoms with Crippen LogP contribution in [0.4, 0.5) is 0 Å². The maximum absolute atomic E-state index is 6.29. The topological polar surface area (TPSA) is 0 Å². The van der Waals surface area contributed by atoms with Gasteiger partial charge in [-0.15, -0.1) is 0 Å². The van der Waals surface area contributed by atoms with Crippen molar-refractivity contribution in [2.24, 2.45) is 0 Å². The highest BCUT2D eigenvalue weighted by atomic mass is 35.5. The van der Waals surface area contributed by atoms with E-state index in [9.17, 15) is 0 Å². The molecule has 0 amide bonds. The van der Waals surface area contributed by atoms with E-state index >= 15 is 0 Å². The van der Waals surface area contributed by atoms with E-state index in [1.54, 1.807) is 0 Å². The van der Waals surface area contributed by atoms with Gasteiger partial charge in [-0.1, -0.05) is 139 Å². The lowest BCUT2D eigenvalue weighted by molar-refractivity contribution is 0.795. The van der Waals surface area contributed by atoms with Crippen LogP contribution in [0, 0.1) is 0 Å². The summed E-state index contributed by atoms with van der Waals surface area (Å²) in [5, 5.41) is 3.28. The van der Waals surface area contributed by atoms with Crippen LogP contribution in [0.1, 0.15) is 22.3 Å². The molecule has 9 rings (SSSR count). The molecule has 0 aliphatic heterocycles. The third-order valence-corrected chi connectivity index (χ3v) is 9.60. The first-order chi connectivity index (χ1) is 20.7. The number of rotatable bonds is 2. The van der Waals surface area contributed by atoms with E-state index in [-0.39, 0.29) is 5.41 Å². The SMILES string of the molecule is Clc1ccc(-c2ccccc2-c2cccc3c2-c2cc4ccccc4cc2C32c3ccccc3-c3ccccc32)cc1. The van der Waals surface area contributed by atoms with Crippen LogP contribution in [0.5, 0.6) is 0 Å². The van der Waals surface area contributed by atoms with Gasteiger partial charge in [-0.2, -0.15) is 0 Å². The Morgan fingerprint density at radius 1 is 0.357 bits per heavy atom. The first-order valence-electron chi connectivity index (χ1n) is 14.5. The summed E-state index contributed by atoms with van der Waals surface area (Å²) in [4.78, 5) is 0. The van der Waals surface area contributed by atoms with E-state index in [2.05, 4.69) is 140 Å². The van der Waals surface area contributed by atoms with Crippen molar-refractivity contribution >= 4 is 22.4 Å². The molecule has 7 aromatic carbocycles. The fourth-order valence-electron chi connectivity index (χ4n) is 7.70. The van der Waals surface area contributed by atoms with Gasteiger partial charge in [0.2, 0.25) is 0 Å². The van der Waals surface area contributed by atoms with Gasteiger partial charge < -0.3 is 0 Å². The first-order valence-corrected chi connectivity index (χ1v) is 14.8. The second kappa shape index (κ2) is 8.79. The molecule has 42 heavy (non-hydrogen) atoms. The molecule has 0 heterocycles. The van der Waals surface area contributed by atoms with E-state index in [1.165, 1.54) is 72.0 Å². The minimum absolute atomic E-state index is 0.382. The molecular formula is C41H25Cl. The summed E-state index contributed by atoms with van der Waals surface area (Å²) in [6.07, 6.45) is 0. The predicted octanol–water partition coefficient (Wildman–Crippen LogP) is 11.2. The molecule has 0 aromatic heterocycles. The van der Waals surface area contributed by atoms with Crippen molar-refractivity contribution in [3.8, 4) is 44.5 Å². The normalized spacial score (nSPS) is 13.5. The molecule has 0 saturated carbocycles. The highest BCUT2D eigenvalue weighted by molar-refractivity contribution is 6.30. The number of halogens is 1. The standard InChI is InChI=1S/C41H25Cl/c42-29-22-20-26(21-23-29)30-12-3-4-13-31(30)34-16-9-19-38-40(34)35-24-27-10-1-2-11-28(27)25-39(35)41(38)36-17-7-5-14-32(36)33-15-6-8-18-37(33)41/h1-25H. The van der Waals surface area contributed by atoms with Crippen LogP contribution in [-0.4, -0.2) is 0 Å². The van der Waals surface area contributed by atoms with Crippen LogP contribution >= 0.6 is 11.6 Å². The maximum atomic E-state index is 6.29. The van der Waals surface area contributed by atoms with Gasteiger partial charge in [0, 0.05) is 5.02 Å². The second-order valence-corrected chi connectivity index (χ2v) is 11.8. The van der Waals surface area contributed by atoms with Crippen molar-refractivity contribution in [1.29, 1.82) is 0 Å². The number of fused-ring (bicyclic) bond motifs is 11. The lowest BCUT2D eigenvalue weighted by Crippen LogP contribution is -2.25. The fourth-order valence-corrected chi connectivity index (χ4v) is 7.82. The molecule has 1 heteroatoms. The second-order valence-electron chi connectivity index (χ2n) is 11.4. The first kappa shape index (κ1) is 23.8. The van der Waals surface area contributed by atoms with E-state index in [1.807, 2.05) is 12.1 Å². The minimum Gasteiger partial charge on any atom is -0.0843 e. The third kappa shape index (κ3) is 3.08. The van der Waals surface area contributed by atoms with Crippen LogP contribution in [0.2, 0.25) is 5.02 Å². The van der Waals surface area contributed by atoms with E-state index in [0.29, 0.717) is 0 Å². The Labute approximate surface area is 250 Å². The van der Waals surface area contributed by atoms with Crippen LogP contribution in [-0.2, 0) is 5.41 Å². The lowest BCUT2D eigenvalue weighted by Gasteiger charge is -2.30. The largest absolute Gasteiger partial charge is 0.0843 e. The molecule has 196 valence electrons. The average Bonchev–Trinajstić information content (AvgIpc) is 3.51. The van der Waals surface area contributed by atoms with Gasteiger partial charge in [-0.05, 0) is 102 Å². The summed E-state index contributed by atoms with van der Waals surface area (Å²) in [7, 11) is 0. The van der Waals surface area contributed by atoms with Gasteiger partial charge >= 0.3 is 0 Å². The van der Waals surface area contributed by atoms with Gasteiger partial charge in [-0.3, -0.25) is 0 Å². The molecule has 0 atom stereocenters. The molecule has 0 fully saturated rings. The molecule has 7 aromatic rings. The van der Waals surface area contributed by atoms with Crippen molar-refractivity contribution < 1.29 is 0 Å². The molecule has 0 N–H and O–H groups in total. The van der Waals surface area contributed by atoms with Crippen LogP contribution in [0.3, 0.4) is 0 Å². The Hall–Kier alpha value is -4.91. The molecule has 0 unspecified atom stereocenters. The quantitative estimate of drug-likeness (QED) is 0.200. The highest BCUT2D eigenvalue weighted by Crippen LogP contribution is 2.64. The van der Waals surface area contributed by atoms with Crippen molar-refractivity contribution in [3.05, 3.63) is 179 Å². The Kier molecular flexibility index (Phi) is 4.97. The van der Waals surface area contributed by atoms with Crippen LogP contribution in [0.25, 0.3) is 55.3 Å². The molecule has 0 saturated heterocycles. The summed E-state index contributed by atoms with van der Waals surface area (Å²) >= 11 is 6.29. The molecule has 2 aliphatic rings. The minimum atomic E-state index is -0.382. The van der Waals surface area contributed by atoms with Crippen molar-refractivity contribution in [3.63, 3.8) is 0 Å². The van der Waals surface area contributed by atoms with Gasteiger partial charge in [0.15, 0.2) is 0 Å².